The SMILES string of the molecule is O=C(C1CCOCC1)N1CCOC(CS(=O)(=O)N2CCOCC2)C1. The summed E-state index contributed by atoms with van der Waals surface area (Å²) in [5.74, 6) is 0.0219. The topological polar surface area (TPSA) is 85.4 Å². The third-order valence-corrected chi connectivity index (χ3v) is 6.73. The van der Waals surface area contributed by atoms with Crippen LogP contribution < -0.4 is 0 Å². The third kappa shape index (κ3) is 4.45. The first-order valence-corrected chi connectivity index (χ1v) is 10.2. The number of sulfonamides is 1. The molecular formula is C15H26N2O6S. The van der Waals surface area contributed by atoms with Gasteiger partial charge in [-0.1, -0.05) is 0 Å². The summed E-state index contributed by atoms with van der Waals surface area (Å²) in [6.45, 7) is 4.14. The zero-order valence-electron chi connectivity index (χ0n) is 13.9. The standard InChI is InChI=1S/C15H26N2O6S/c18-15(13-1-6-21-7-2-13)16-3-10-23-14(11-16)12-24(19,20)17-4-8-22-9-5-17/h13-14H,1-12H2. The van der Waals surface area contributed by atoms with Gasteiger partial charge in [0.2, 0.25) is 15.9 Å². The lowest BCUT2D eigenvalue weighted by Crippen LogP contribution is -2.52. The summed E-state index contributed by atoms with van der Waals surface area (Å²) in [5, 5.41) is 0. The molecular weight excluding hydrogens is 336 g/mol. The van der Waals surface area contributed by atoms with Crippen LogP contribution in [0.15, 0.2) is 0 Å². The molecule has 3 aliphatic heterocycles. The Balaban J connectivity index is 1.55. The van der Waals surface area contributed by atoms with Crippen molar-refractivity contribution in [1.82, 2.24) is 9.21 Å². The monoisotopic (exact) mass is 362 g/mol. The lowest BCUT2D eigenvalue weighted by Gasteiger charge is -2.36. The van der Waals surface area contributed by atoms with Crippen LogP contribution in [-0.2, 0) is 29.0 Å². The molecule has 0 aromatic heterocycles. The number of hydrogen-bond acceptors (Lipinski definition) is 6. The van der Waals surface area contributed by atoms with Gasteiger partial charge in [-0.3, -0.25) is 4.79 Å². The van der Waals surface area contributed by atoms with Crippen LogP contribution in [0.3, 0.4) is 0 Å². The summed E-state index contributed by atoms with van der Waals surface area (Å²) in [5.41, 5.74) is 0. The summed E-state index contributed by atoms with van der Waals surface area (Å²) >= 11 is 0. The Hall–Kier alpha value is -0.740. The number of rotatable bonds is 4. The van der Waals surface area contributed by atoms with E-state index in [1.807, 2.05) is 0 Å². The molecule has 3 heterocycles. The van der Waals surface area contributed by atoms with Gasteiger partial charge in [-0.25, -0.2) is 8.42 Å². The number of nitrogens with zero attached hydrogens (tertiary/aromatic N) is 2. The van der Waals surface area contributed by atoms with E-state index >= 15 is 0 Å². The van der Waals surface area contributed by atoms with Crippen molar-refractivity contribution in [2.24, 2.45) is 5.92 Å². The molecule has 8 nitrogen and oxygen atoms in total. The van der Waals surface area contributed by atoms with Gasteiger partial charge in [-0.05, 0) is 12.8 Å². The molecule has 0 N–H and O–H groups in total. The van der Waals surface area contributed by atoms with Crippen molar-refractivity contribution in [2.75, 3.05) is 65.0 Å². The number of carbonyl (C=O) groups is 1. The third-order valence-electron chi connectivity index (χ3n) is 4.78. The number of amides is 1. The molecule has 1 amide bonds. The molecule has 0 aromatic rings. The van der Waals surface area contributed by atoms with Crippen LogP contribution in [0, 0.1) is 5.92 Å². The second-order valence-corrected chi connectivity index (χ2v) is 8.47. The zero-order valence-corrected chi connectivity index (χ0v) is 14.7. The van der Waals surface area contributed by atoms with Crippen LogP contribution in [0.25, 0.3) is 0 Å². The van der Waals surface area contributed by atoms with Gasteiger partial charge in [-0.2, -0.15) is 4.31 Å². The van der Waals surface area contributed by atoms with E-state index in [9.17, 15) is 13.2 Å². The molecule has 0 radical (unpaired) electrons. The van der Waals surface area contributed by atoms with Gasteiger partial charge in [0.1, 0.15) is 0 Å². The normalized spacial score (nSPS) is 28.0. The van der Waals surface area contributed by atoms with Gasteiger partial charge in [0.05, 0.1) is 31.7 Å². The maximum atomic E-state index is 12.6. The first-order chi connectivity index (χ1) is 11.6. The van der Waals surface area contributed by atoms with Crippen molar-refractivity contribution >= 4 is 15.9 Å². The molecule has 24 heavy (non-hydrogen) atoms. The van der Waals surface area contributed by atoms with Gasteiger partial charge in [-0.15, -0.1) is 0 Å². The van der Waals surface area contributed by atoms with Gasteiger partial charge < -0.3 is 19.1 Å². The van der Waals surface area contributed by atoms with Crippen molar-refractivity contribution in [3.8, 4) is 0 Å². The smallest absolute Gasteiger partial charge is 0.226 e. The molecule has 3 saturated heterocycles. The van der Waals surface area contributed by atoms with E-state index in [1.165, 1.54) is 4.31 Å². The van der Waals surface area contributed by atoms with Crippen LogP contribution in [-0.4, -0.2) is 94.6 Å². The minimum Gasteiger partial charge on any atom is -0.381 e. The molecule has 1 atom stereocenters. The second-order valence-electron chi connectivity index (χ2n) is 6.45. The summed E-state index contributed by atoms with van der Waals surface area (Å²) < 4.78 is 42.6. The molecule has 3 fully saturated rings. The Morgan fingerprint density at radius 3 is 2.33 bits per heavy atom. The largest absolute Gasteiger partial charge is 0.381 e. The summed E-state index contributed by atoms with van der Waals surface area (Å²) in [7, 11) is -3.39. The van der Waals surface area contributed by atoms with E-state index in [4.69, 9.17) is 14.2 Å². The number of morpholine rings is 2. The lowest BCUT2D eigenvalue weighted by atomic mass is 9.98. The summed E-state index contributed by atoms with van der Waals surface area (Å²) in [6, 6.07) is 0. The first-order valence-electron chi connectivity index (χ1n) is 8.60. The average Bonchev–Trinajstić information content (AvgIpc) is 2.62. The van der Waals surface area contributed by atoms with E-state index in [0.717, 1.165) is 12.8 Å². The Kier molecular flexibility index (Phi) is 6.09. The van der Waals surface area contributed by atoms with E-state index in [1.54, 1.807) is 4.90 Å². The van der Waals surface area contributed by atoms with Gasteiger partial charge >= 0.3 is 0 Å². The highest BCUT2D eigenvalue weighted by molar-refractivity contribution is 7.89. The highest BCUT2D eigenvalue weighted by Gasteiger charge is 2.34. The fourth-order valence-corrected chi connectivity index (χ4v) is 4.98. The molecule has 0 aliphatic carbocycles. The van der Waals surface area contributed by atoms with Crippen molar-refractivity contribution in [1.29, 1.82) is 0 Å². The lowest BCUT2D eigenvalue weighted by molar-refractivity contribution is -0.145. The molecule has 3 rings (SSSR count). The van der Waals surface area contributed by atoms with Crippen LogP contribution in [0.1, 0.15) is 12.8 Å². The summed E-state index contributed by atoms with van der Waals surface area (Å²) in [6.07, 6.45) is 1.02. The number of hydrogen-bond donors (Lipinski definition) is 0. The zero-order chi connectivity index (χ0) is 17.0. The molecule has 9 heteroatoms. The first kappa shape index (κ1) is 18.1. The maximum Gasteiger partial charge on any atom is 0.226 e. The van der Waals surface area contributed by atoms with Crippen LogP contribution in [0.4, 0.5) is 0 Å². The number of ether oxygens (including phenoxy) is 3. The Morgan fingerprint density at radius 1 is 0.958 bits per heavy atom. The van der Waals surface area contributed by atoms with Crippen molar-refractivity contribution in [2.45, 2.75) is 18.9 Å². The molecule has 1 unspecified atom stereocenters. The second kappa shape index (κ2) is 8.09. The van der Waals surface area contributed by atoms with E-state index in [-0.39, 0.29) is 17.6 Å². The van der Waals surface area contributed by atoms with Gasteiger partial charge in [0.15, 0.2) is 0 Å². The molecule has 0 spiro atoms. The minimum atomic E-state index is -3.39. The highest BCUT2D eigenvalue weighted by atomic mass is 32.2. The molecule has 3 aliphatic rings. The Bertz CT molecular complexity index is 528. The molecule has 138 valence electrons. The highest BCUT2D eigenvalue weighted by Crippen LogP contribution is 2.20. The molecule has 0 bridgehead atoms. The van der Waals surface area contributed by atoms with Crippen LogP contribution >= 0.6 is 0 Å². The fraction of sp³-hybridized carbons (Fsp3) is 0.933. The maximum absolute atomic E-state index is 12.6. The van der Waals surface area contributed by atoms with Crippen LogP contribution in [0.5, 0.6) is 0 Å². The molecule has 0 saturated carbocycles. The number of carbonyl (C=O) groups excluding carboxylic acids is 1. The predicted octanol–water partition coefficient (Wildman–Crippen LogP) is -0.698. The van der Waals surface area contributed by atoms with Gasteiger partial charge in [0.25, 0.3) is 0 Å². The minimum absolute atomic E-state index is 0.00616. The summed E-state index contributed by atoms with van der Waals surface area (Å²) in [4.78, 5) is 14.4. The quantitative estimate of drug-likeness (QED) is 0.658. The van der Waals surface area contributed by atoms with E-state index in [0.29, 0.717) is 59.2 Å². The fourth-order valence-electron chi connectivity index (χ4n) is 3.39. The van der Waals surface area contributed by atoms with Gasteiger partial charge in [0, 0.05) is 45.3 Å². The Labute approximate surface area is 143 Å². The van der Waals surface area contributed by atoms with Crippen molar-refractivity contribution in [3.05, 3.63) is 0 Å². The Morgan fingerprint density at radius 2 is 1.62 bits per heavy atom. The average molecular weight is 362 g/mol. The van der Waals surface area contributed by atoms with Crippen molar-refractivity contribution < 1.29 is 27.4 Å². The predicted molar refractivity (Wildman–Crippen MR) is 86.0 cm³/mol. The van der Waals surface area contributed by atoms with E-state index in [2.05, 4.69) is 0 Å². The van der Waals surface area contributed by atoms with Crippen molar-refractivity contribution in [3.63, 3.8) is 0 Å². The van der Waals surface area contributed by atoms with Crippen LogP contribution in [0.2, 0.25) is 0 Å². The van der Waals surface area contributed by atoms with E-state index < -0.39 is 16.1 Å². The molecule has 0 aromatic carbocycles.